The van der Waals surface area contributed by atoms with E-state index in [9.17, 15) is 0 Å². The van der Waals surface area contributed by atoms with Crippen molar-refractivity contribution in [2.24, 2.45) is 0 Å². The third kappa shape index (κ3) is 148. The van der Waals surface area contributed by atoms with Gasteiger partial charge in [0.25, 0.3) is 0 Å². The summed E-state index contributed by atoms with van der Waals surface area (Å²) < 4.78 is 0. The van der Waals surface area contributed by atoms with Crippen molar-refractivity contribution in [1.29, 1.82) is 0 Å². The van der Waals surface area contributed by atoms with Crippen molar-refractivity contribution in [2.45, 2.75) is 27.7 Å². The van der Waals surface area contributed by atoms with E-state index >= 15 is 0 Å². The number of hydrogen-bond donors (Lipinski definition) is 0. The van der Waals surface area contributed by atoms with E-state index in [1.54, 1.807) is 28.2 Å². The summed E-state index contributed by atoms with van der Waals surface area (Å²) in [7, 11) is 7.22. The maximum atomic E-state index is 3.74. The van der Waals surface area contributed by atoms with Crippen LogP contribution in [0.25, 0.3) is 21.3 Å². The molecular formula is C12H32N4Th. The molecule has 0 aromatic rings. The van der Waals surface area contributed by atoms with Gasteiger partial charge in [0.15, 0.2) is 0 Å². The van der Waals surface area contributed by atoms with Crippen LogP contribution in [0, 0.1) is 39.9 Å². The summed E-state index contributed by atoms with van der Waals surface area (Å²) in [6, 6.07) is 0. The molecule has 0 aliphatic carbocycles. The van der Waals surface area contributed by atoms with Crippen molar-refractivity contribution in [1.82, 2.24) is 0 Å². The van der Waals surface area contributed by atoms with Crippen LogP contribution in [0.5, 0.6) is 0 Å². The molecule has 0 atom stereocenters. The normalized spacial score (nSPS) is 7.06. The third-order valence-corrected chi connectivity index (χ3v) is 1.26. The van der Waals surface area contributed by atoms with Gasteiger partial charge < -0.3 is 21.3 Å². The molecule has 0 unspecified atom stereocenters. The van der Waals surface area contributed by atoms with Crippen molar-refractivity contribution in [3.05, 3.63) is 21.3 Å². The van der Waals surface area contributed by atoms with E-state index in [2.05, 4.69) is 21.3 Å². The Balaban J connectivity index is -0.0000000369. The van der Waals surface area contributed by atoms with Gasteiger partial charge in [0, 0.05) is 0 Å². The monoisotopic (exact) mass is 464 g/mol. The first-order chi connectivity index (χ1) is 7.66. The van der Waals surface area contributed by atoms with Crippen LogP contribution in [0.3, 0.4) is 0 Å². The van der Waals surface area contributed by atoms with E-state index in [1.807, 2.05) is 27.7 Å². The molecule has 0 radical (unpaired) electrons. The van der Waals surface area contributed by atoms with Gasteiger partial charge >= 0.3 is 39.9 Å². The molecule has 0 saturated heterocycles. The van der Waals surface area contributed by atoms with Gasteiger partial charge in [-0.2, -0.15) is 54.4 Å². The van der Waals surface area contributed by atoms with Crippen LogP contribution >= 0.6 is 0 Å². The predicted molar refractivity (Wildman–Crippen MR) is 79.3 cm³/mol. The van der Waals surface area contributed by atoms with Gasteiger partial charge in [-0.05, 0) is 0 Å². The summed E-state index contributed by atoms with van der Waals surface area (Å²) in [4.78, 5) is 0. The van der Waals surface area contributed by atoms with E-state index < -0.39 is 0 Å². The molecule has 0 amide bonds. The molecule has 0 aliphatic heterocycles. The number of rotatable bonds is 4. The van der Waals surface area contributed by atoms with Crippen molar-refractivity contribution < 1.29 is 39.9 Å². The molecule has 5 heteroatoms. The Morgan fingerprint density at radius 2 is 0.529 bits per heavy atom. The Hall–Kier alpha value is 1.16. The van der Waals surface area contributed by atoms with E-state index in [-0.39, 0.29) is 39.9 Å². The molecule has 0 aromatic carbocycles. The van der Waals surface area contributed by atoms with Crippen molar-refractivity contribution in [3.8, 4) is 0 Å². The molecule has 0 rings (SSSR count). The van der Waals surface area contributed by atoms with Crippen molar-refractivity contribution >= 4 is 0 Å². The van der Waals surface area contributed by atoms with Crippen molar-refractivity contribution in [3.63, 3.8) is 0 Å². The summed E-state index contributed by atoms with van der Waals surface area (Å²) in [5, 5.41) is 14.9. The van der Waals surface area contributed by atoms with Crippen LogP contribution in [-0.2, 0) is 0 Å². The average molecular weight is 464 g/mol. The van der Waals surface area contributed by atoms with Gasteiger partial charge in [-0.3, -0.25) is 0 Å². The largest absolute Gasteiger partial charge is 4.00 e. The maximum absolute atomic E-state index is 3.74. The molecule has 0 aromatic heterocycles. The zero-order valence-electron chi connectivity index (χ0n) is 13.1. The Morgan fingerprint density at radius 3 is 0.529 bits per heavy atom. The molecule has 104 valence electrons. The minimum absolute atomic E-state index is 0. The molecule has 0 saturated carbocycles. The first kappa shape index (κ1) is 30.9. The second-order valence-corrected chi connectivity index (χ2v) is 2.53. The molecule has 0 heterocycles. The first-order valence-electron chi connectivity index (χ1n) is 5.88. The second-order valence-electron chi connectivity index (χ2n) is 2.53. The Morgan fingerprint density at radius 1 is 0.471 bits per heavy atom. The fraction of sp³-hybridized carbons (Fsp3) is 1.00. The van der Waals surface area contributed by atoms with E-state index in [1.165, 1.54) is 0 Å². The summed E-state index contributed by atoms with van der Waals surface area (Å²) in [6.07, 6.45) is 0. The minimum atomic E-state index is 0. The molecule has 0 spiro atoms. The molecule has 4 nitrogen and oxygen atoms in total. The van der Waals surface area contributed by atoms with E-state index in [0.29, 0.717) is 0 Å². The second kappa shape index (κ2) is 53.4. The SMILES string of the molecule is CC[N-]C.CC[N-]C.CC[N-]C.CC[N-]C.[Th+4]. The molecular weight excluding hydrogens is 432 g/mol. The smallest absolute Gasteiger partial charge is 0.665 e. The van der Waals surface area contributed by atoms with Crippen LogP contribution in [-0.4, -0.2) is 54.4 Å². The molecule has 17 heavy (non-hydrogen) atoms. The fourth-order valence-electron chi connectivity index (χ4n) is 0. The summed E-state index contributed by atoms with van der Waals surface area (Å²) in [5.74, 6) is 0. The fourth-order valence-corrected chi connectivity index (χ4v) is 0. The van der Waals surface area contributed by atoms with Gasteiger partial charge in [-0.1, -0.05) is 27.7 Å². The summed E-state index contributed by atoms with van der Waals surface area (Å²) in [6.45, 7) is 11.8. The van der Waals surface area contributed by atoms with E-state index in [0.717, 1.165) is 26.2 Å². The quantitative estimate of drug-likeness (QED) is 0.603. The van der Waals surface area contributed by atoms with Crippen LogP contribution in [0.15, 0.2) is 0 Å². The minimum Gasteiger partial charge on any atom is -0.665 e. The Labute approximate surface area is 142 Å². The average Bonchev–Trinajstić information content (AvgIpc) is 2.39. The molecule has 0 aliphatic rings. The van der Waals surface area contributed by atoms with Gasteiger partial charge in [0.1, 0.15) is 0 Å². The molecule has 0 bridgehead atoms. The van der Waals surface area contributed by atoms with Gasteiger partial charge in [-0.15, -0.1) is 0 Å². The Kier molecular flexibility index (Phi) is 97.0. The van der Waals surface area contributed by atoms with Crippen molar-refractivity contribution in [2.75, 3.05) is 54.4 Å². The standard InChI is InChI=1S/4C3H8N.Th/c4*1-3-4-2;/h4*3H2,1-2H3;/q4*-1;+4. The van der Waals surface area contributed by atoms with E-state index in [4.69, 9.17) is 0 Å². The zero-order chi connectivity index (χ0) is 13.7. The van der Waals surface area contributed by atoms with Gasteiger partial charge in [0.05, 0.1) is 0 Å². The van der Waals surface area contributed by atoms with Crippen LogP contribution < -0.4 is 0 Å². The van der Waals surface area contributed by atoms with Crippen LogP contribution in [0.1, 0.15) is 27.7 Å². The summed E-state index contributed by atoms with van der Waals surface area (Å²) in [5.41, 5.74) is 0. The third-order valence-electron chi connectivity index (χ3n) is 1.26. The molecule has 0 N–H and O–H groups in total. The number of hydrogen-bond acceptors (Lipinski definition) is 0. The first-order valence-corrected chi connectivity index (χ1v) is 5.88. The number of nitrogens with zero attached hydrogens (tertiary/aromatic N) is 4. The van der Waals surface area contributed by atoms with Crippen LogP contribution in [0.2, 0.25) is 0 Å². The predicted octanol–water partition coefficient (Wildman–Crippen LogP) is 4.04. The maximum Gasteiger partial charge on any atom is 4.00 e. The topological polar surface area (TPSA) is 56.4 Å². The van der Waals surface area contributed by atoms with Crippen LogP contribution in [0.4, 0.5) is 0 Å². The summed E-state index contributed by atoms with van der Waals surface area (Å²) >= 11 is 0. The van der Waals surface area contributed by atoms with Gasteiger partial charge in [-0.25, -0.2) is 0 Å². The van der Waals surface area contributed by atoms with Gasteiger partial charge in [0.2, 0.25) is 0 Å². The Bertz CT molecular complexity index is 42.5. The zero-order valence-corrected chi connectivity index (χ0v) is 17.2. The molecule has 0 fully saturated rings.